The van der Waals surface area contributed by atoms with Gasteiger partial charge in [-0.3, -0.25) is 0 Å². The van der Waals surface area contributed by atoms with Crippen molar-refractivity contribution < 1.29 is 22.0 Å². The molecule has 5 heteroatoms. The Morgan fingerprint density at radius 1 is 0.808 bits per heavy atom. The predicted molar refractivity (Wildman–Crippen MR) is 91.3 cm³/mol. The van der Waals surface area contributed by atoms with Crippen molar-refractivity contribution in [3.05, 3.63) is 58.9 Å². The third kappa shape index (κ3) is 3.62. The lowest BCUT2D eigenvalue weighted by molar-refractivity contribution is 0.298. The van der Waals surface area contributed by atoms with E-state index in [9.17, 15) is 22.0 Å². The van der Waals surface area contributed by atoms with Crippen molar-refractivity contribution in [2.75, 3.05) is 0 Å². The Labute approximate surface area is 150 Å². The van der Waals surface area contributed by atoms with Crippen LogP contribution in [0.4, 0.5) is 22.0 Å². The van der Waals surface area contributed by atoms with E-state index in [1.165, 1.54) is 0 Å². The molecule has 1 saturated carbocycles. The normalized spacial score (nSPS) is 20.4. The zero-order valence-corrected chi connectivity index (χ0v) is 14.6. The summed E-state index contributed by atoms with van der Waals surface area (Å²) in [6, 6.07) is 3.54. The monoisotopic (exact) mass is 368 g/mol. The van der Waals surface area contributed by atoms with E-state index in [4.69, 9.17) is 0 Å². The summed E-state index contributed by atoms with van der Waals surface area (Å²) in [6.45, 7) is 2.11. The van der Waals surface area contributed by atoms with Crippen LogP contribution in [0.1, 0.15) is 56.9 Å². The van der Waals surface area contributed by atoms with Gasteiger partial charge in [-0.15, -0.1) is 0 Å². The highest BCUT2D eigenvalue weighted by molar-refractivity contribution is 5.65. The number of benzene rings is 2. The molecule has 1 aliphatic carbocycles. The van der Waals surface area contributed by atoms with Crippen LogP contribution in [0.5, 0.6) is 0 Å². The molecule has 0 aromatic heterocycles. The van der Waals surface area contributed by atoms with E-state index in [-0.39, 0.29) is 17.0 Å². The quantitative estimate of drug-likeness (QED) is 0.398. The fourth-order valence-electron chi connectivity index (χ4n) is 4.01. The largest absolute Gasteiger partial charge is 0.207 e. The van der Waals surface area contributed by atoms with Crippen LogP contribution in [0.2, 0.25) is 0 Å². The topological polar surface area (TPSA) is 0 Å². The molecule has 0 spiro atoms. The molecule has 1 aliphatic rings. The van der Waals surface area contributed by atoms with Gasteiger partial charge in [-0.05, 0) is 61.3 Å². The molecule has 0 nitrogen and oxygen atoms in total. The van der Waals surface area contributed by atoms with E-state index in [2.05, 4.69) is 6.92 Å². The molecule has 0 N–H and O–H groups in total. The summed E-state index contributed by atoms with van der Waals surface area (Å²) in [7, 11) is 0. The minimum Gasteiger partial charge on any atom is -0.207 e. The molecule has 0 bridgehead atoms. The maximum atomic E-state index is 14.6. The molecule has 2 aromatic rings. The number of halogens is 5. The van der Waals surface area contributed by atoms with Crippen molar-refractivity contribution in [1.82, 2.24) is 0 Å². The standard InChI is InChI=1S/C21H21F5/c1-2-3-12-4-6-13(7-5-12)19-18(24)11-15(20(25)21(19)26)14-8-9-16(22)17(23)10-14/h8-13H,2-7H2,1H3. The van der Waals surface area contributed by atoms with E-state index in [1.54, 1.807) is 0 Å². The molecule has 3 rings (SSSR count). The van der Waals surface area contributed by atoms with Gasteiger partial charge < -0.3 is 0 Å². The van der Waals surface area contributed by atoms with Crippen LogP contribution in [0, 0.1) is 35.0 Å². The first-order chi connectivity index (χ1) is 12.4. The highest BCUT2D eigenvalue weighted by Crippen LogP contribution is 2.41. The van der Waals surface area contributed by atoms with Crippen molar-refractivity contribution in [1.29, 1.82) is 0 Å². The highest BCUT2D eigenvalue weighted by atomic mass is 19.2. The Morgan fingerprint density at radius 3 is 2.12 bits per heavy atom. The Morgan fingerprint density at radius 2 is 1.50 bits per heavy atom. The summed E-state index contributed by atoms with van der Waals surface area (Å²) in [4.78, 5) is 0. The van der Waals surface area contributed by atoms with E-state index >= 15 is 0 Å². The molecule has 0 saturated heterocycles. The van der Waals surface area contributed by atoms with Crippen LogP contribution in [-0.4, -0.2) is 0 Å². The van der Waals surface area contributed by atoms with Gasteiger partial charge in [0.15, 0.2) is 23.3 Å². The van der Waals surface area contributed by atoms with Gasteiger partial charge in [0.25, 0.3) is 0 Å². The second-order valence-electron chi connectivity index (χ2n) is 7.08. The first kappa shape index (κ1) is 18.9. The summed E-state index contributed by atoms with van der Waals surface area (Å²) in [5, 5.41) is 0. The first-order valence-electron chi connectivity index (χ1n) is 9.05. The molecule has 2 aromatic carbocycles. The molecule has 0 atom stereocenters. The van der Waals surface area contributed by atoms with Gasteiger partial charge in [-0.2, -0.15) is 0 Å². The molecule has 0 unspecified atom stereocenters. The summed E-state index contributed by atoms with van der Waals surface area (Å²) >= 11 is 0. The highest BCUT2D eigenvalue weighted by Gasteiger charge is 2.29. The summed E-state index contributed by atoms with van der Waals surface area (Å²) in [5.74, 6) is -5.35. The minimum atomic E-state index is -1.22. The molecular weight excluding hydrogens is 347 g/mol. The van der Waals surface area contributed by atoms with Crippen molar-refractivity contribution in [2.45, 2.75) is 51.4 Å². The van der Waals surface area contributed by atoms with Gasteiger partial charge in [0.1, 0.15) is 5.82 Å². The van der Waals surface area contributed by atoms with Crippen LogP contribution >= 0.6 is 0 Å². The van der Waals surface area contributed by atoms with Crippen LogP contribution < -0.4 is 0 Å². The number of rotatable bonds is 4. The van der Waals surface area contributed by atoms with Gasteiger partial charge >= 0.3 is 0 Å². The van der Waals surface area contributed by atoms with Crippen LogP contribution in [-0.2, 0) is 0 Å². The van der Waals surface area contributed by atoms with Crippen LogP contribution in [0.15, 0.2) is 24.3 Å². The van der Waals surface area contributed by atoms with E-state index < -0.39 is 34.6 Å². The Kier molecular flexibility index (Phi) is 5.64. The molecule has 0 amide bonds. The minimum absolute atomic E-state index is 0.0996. The fraction of sp³-hybridized carbons (Fsp3) is 0.429. The van der Waals surface area contributed by atoms with E-state index in [1.807, 2.05) is 0 Å². The fourth-order valence-corrected chi connectivity index (χ4v) is 4.01. The molecule has 26 heavy (non-hydrogen) atoms. The molecule has 140 valence electrons. The molecular formula is C21H21F5. The predicted octanol–water partition coefficient (Wildman–Crippen LogP) is 7.12. The molecule has 0 heterocycles. The number of hydrogen-bond acceptors (Lipinski definition) is 0. The lowest BCUT2D eigenvalue weighted by Gasteiger charge is -2.29. The van der Waals surface area contributed by atoms with Gasteiger partial charge in [-0.25, -0.2) is 22.0 Å². The van der Waals surface area contributed by atoms with E-state index in [0.29, 0.717) is 18.8 Å². The lowest BCUT2D eigenvalue weighted by Crippen LogP contribution is -2.16. The Bertz CT molecular complexity index is 791. The molecule has 0 radical (unpaired) electrons. The Balaban J connectivity index is 1.92. The van der Waals surface area contributed by atoms with Crippen molar-refractivity contribution in [2.24, 2.45) is 5.92 Å². The second-order valence-corrected chi connectivity index (χ2v) is 7.08. The zero-order chi connectivity index (χ0) is 18.8. The zero-order valence-electron chi connectivity index (χ0n) is 14.6. The number of hydrogen-bond donors (Lipinski definition) is 0. The SMILES string of the molecule is CCCC1CCC(c2c(F)cc(-c3ccc(F)c(F)c3)c(F)c2F)CC1. The summed E-state index contributed by atoms with van der Waals surface area (Å²) in [5.41, 5.74) is -0.719. The van der Waals surface area contributed by atoms with Gasteiger partial charge in [0.05, 0.1) is 0 Å². The molecule has 1 fully saturated rings. The van der Waals surface area contributed by atoms with Crippen molar-refractivity contribution in [3.63, 3.8) is 0 Å². The van der Waals surface area contributed by atoms with Crippen LogP contribution in [0.25, 0.3) is 11.1 Å². The third-order valence-corrected chi connectivity index (χ3v) is 5.38. The van der Waals surface area contributed by atoms with Gasteiger partial charge in [-0.1, -0.05) is 25.8 Å². The maximum absolute atomic E-state index is 14.6. The molecule has 0 aliphatic heterocycles. The average Bonchev–Trinajstić information content (AvgIpc) is 2.62. The summed E-state index contributed by atoms with van der Waals surface area (Å²) in [6.07, 6.45) is 5.19. The third-order valence-electron chi connectivity index (χ3n) is 5.38. The van der Waals surface area contributed by atoms with Crippen molar-refractivity contribution >= 4 is 0 Å². The first-order valence-corrected chi connectivity index (χ1v) is 9.05. The van der Waals surface area contributed by atoms with E-state index in [0.717, 1.165) is 49.9 Å². The van der Waals surface area contributed by atoms with Gasteiger partial charge in [0.2, 0.25) is 0 Å². The summed E-state index contributed by atoms with van der Waals surface area (Å²) < 4.78 is 70.2. The van der Waals surface area contributed by atoms with Crippen LogP contribution in [0.3, 0.4) is 0 Å². The smallest absolute Gasteiger partial charge is 0.167 e. The average molecular weight is 368 g/mol. The maximum Gasteiger partial charge on any atom is 0.167 e. The van der Waals surface area contributed by atoms with Gasteiger partial charge in [0, 0.05) is 11.1 Å². The second kappa shape index (κ2) is 7.77. The Hall–Kier alpha value is -1.91. The lowest BCUT2D eigenvalue weighted by atomic mass is 9.76. The van der Waals surface area contributed by atoms with Crippen molar-refractivity contribution in [3.8, 4) is 11.1 Å².